The molecule has 3 atom stereocenters. The van der Waals surface area contributed by atoms with Gasteiger partial charge in [-0.25, -0.2) is 0 Å². The monoisotopic (exact) mass is 279 g/mol. The fourth-order valence-corrected chi connectivity index (χ4v) is 3.56. The van der Waals surface area contributed by atoms with E-state index < -0.39 is 0 Å². The summed E-state index contributed by atoms with van der Waals surface area (Å²) in [6, 6.07) is 10.1. The molecule has 4 rings (SSSR count). The SMILES string of the molecule is CC(=O)c1ccc2c(c1)C1C=CCC1C(c1ccco1)N2. The van der Waals surface area contributed by atoms with Crippen molar-refractivity contribution in [3.05, 3.63) is 65.6 Å². The van der Waals surface area contributed by atoms with Crippen molar-refractivity contribution in [2.45, 2.75) is 25.3 Å². The summed E-state index contributed by atoms with van der Waals surface area (Å²) in [6.45, 7) is 1.62. The molecular formula is C18H17NO2. The summed E-state index contributed by atoms with van der Waals surface area (Å²) in [5, 5.41) is 3.59. The maximum Gasteiger partial charge on any atom is 0.159 e. The van der Waals surface area contributed by atoms with Crippen LogP contribution in [0.15, 0.2) is 53.2 Å². The number of hydrogen-bond donors (Lipinski definition) is 1. The maximum atomic E-state index is 11.6. The lowest BCUT2D eigenvalue weighted by Crippen LogP contribution is -2.28. The van der Waals surface area contributed by atoms with Crippen molar-refractivity contribution in [1.29, 1.82) is 0 Å². The molecule has 3 heteroatoms. The Labute approximate surface area is 123 Å². The molecule has 1 N–H and O–H groups in total. The van der Waals surface area contributed by atoms with E-state index in [4.69, 9.17) is 4.42 Å². The molecule has 2 heterocycles. The van der Waals surface area contributed by atoms with Crippen molar-refractivity contribution in [2.24, 2.45) is 5.92 Å². The maximum absolute atomic E-state index is 11.6. The van der Waals surface area contributed by atoms with Gasteiger partial charge in [0, 0.05) is 23.1 Å². The molecule has 0 bridgehead atoms. The second-order valence-corrected chi connectivity index (χ2v) is 5.85. The third-order valence-corrected chi connectivity index (χ3v) is 4.62. The molecule has 3 nitrogen and oxygen atoms in total. The first-order chi connectivity index (χ1) is 10.2. The van der Waals surface area contributed by atoms with Crippen LogP contribution >= 0.6 is 0 Å². The summed E-state index contributed by atoms with van der Waals surface area (Å²) in [5.74, 6) is 1.90. The Morgan fingerprint density at radius 2 is 2.24 bits per heavy atom. The van der Waals surface area contributed by atoms with Crippen LogP contribution in [0.4, 0.5) is 5.69 Å². The lowest BCUT2D eigenvalue weighted by molar-refractivity contribution is 0.101. The lowest BCUT2D eigenvalue weighted by Gasteiger charge is -2.36. The van der Waals surface area contributed by atoms with Gasteiger partial charge in [-0.1, -0.05) is 12.2 Å². The van der Waals surface area contributed by atoms with E-state index in [1.807, 2.05) is 30.3 Å². The van der Waals surface area contributed by atoms with Crippen molar-refractivity contribution in [3.63, 3.8) is 0 Å². The summed E-state index contributed by atoms with van der Waals surface area (Å²) >= 11 is 0. The number of Topliss-reactive ketones (excluding diaryl/α,β-unsaturated/α-hetero) is 1. The van der Waals surface area contributed by atoms with Crippen LogP contribution in [0.25, 0.3) is 0 Å². The van der Waals surface area contributed by atoms with E-state index in [-0.39, 0.29) is 11.8 Å². The quantitative estimate of drug-likeness (QED) is 0.658. The van der Waals surface area contributed by atoms with Crippen molar-refractivity contribution in [3.8, 4) is 0 Å². The minimum atomic E-state index is 0.115. The average Bonchev–Trinajstić information content (AvgIpc) is 3.17. The summed E-state index contributed by atoms with van der Waals surface area (Å²) in [5.41, 5.74) is 3.12. The summed E-state index contributed by atoms with van der Waals surface area (Å²) in [6.07, 6.45) is 7.27. The lowest BCUT2D eigenvalue weighted by atomic mass is 9.78. The predicted octanol–water partition coefficient (Wildman–Crippen LogP) is 4.31. The highest BCUT2D eigenvalue weighted by Gasteiger charge is 2.39. The number of nitrogens with one attached hydrogen (secondary N) is 1. The molecule has 0 spiro atoms. The number of carbonyl (C=O) groups is 1. The van der Waals surface area contributed by atoms with Gasteiger partial charge in [0.2, 0.25) is 0 Å². The summed E-state index contributed by atoms with van der Waals surface area (Å²) in [4.78, 5) is 11.6. The van der Waals surface area contributed by atoms with E-state index in [0.717, 1.165) is 23.4 Å². The molecule has 2 aliphatic rings. The summed E-state index contributed by atoms with van der Waals surface area (Å²) < 4.78 is 5.61. The molecule has 1 aliphatic heterocycles. The van der Waals surface area contributed by atoms with Gasteiger partial charge in [0.05, 0.1) is 12.3 Å². The van der Waals surface area contributed by atoms with E-state index in [0.29, 0.717) is 11.8 Å². The van der Waals surface area contributed by atoms with Crippen LogP contribution in [-0.2, 0) is 0 Å². The van der Waals surface area contributed by atoms with Gasteiger partial charge < -0.3 is 9.73 Å². The molecule has 0 saturated carbocycles. The highest BCUT2D eigenvalue weighted by Crippen LogP contribution is 2.49. The minimum absolute atomic E-state index is 0.115. The fraction of sp³-hybridized carbons (Fsp3) is 0.278. The van der Waals surface area contributed by atoms with Gasteiger partial charge in [-0.05, 0) is 49.2 Å². The zero-order valence-electron chi connectivity index (χ0n) is 11.9. The van der Waals surface area contributed by atoms with Crippen LogP contribution in [0, 0.1) is 5.92 Å². The first-order valence-corrected chi connectivity index (χ1v) is 7.35. The Kier molecular flexibility index (Phi) is 2.74. The van der Waals surface area contributed by atoms with E-state index in [2.05, 4.69) is 17.5 Å². The summed E-state index contributed by atoms with van der Waals surface area (Å²) in [7, 11) is 0. The number of furan rings is 1. The molecule has 1 aliphatic carbocycles. The molecule has 1 aromatic carbocycles. The Hall–Kier alpha value is -2.29. The van der Waals surface area contributed by atoms with Crippen molar-refractivity contribution in [1.82, 2.24) is 0 Å². The Bertz CT molecular complexity index is 715. The van der Waals surface area contributed by atoms with Crippen molar-refractivity contribution < 1.29 is 9.21 Å². The van der Waals surface area contributed by atoms with Gasteiger partial charge >= 0.3 is 0 Å². The molecule has 0 fully saturated rings. The van der Waals surface area contributed by atoms with E-state index in [1.165, 1.54) is 5.56 Å². The van der Waals surface area contributed by atoms with Crippen molar-refractivity contribution in [2.75, 3.05) is 5.32 Å². The Morgan fingerprint density at radius 3 is 3.00 bits per heavy atom. The molecule has 0 amide bonds. The number of ketones is 1. The third-order valence-electron chi connectivity index (χ3n) is 4.62. The van der Waals surface area contributed by atoms with Gasteiger partial charge in [-0.15, -0.1) is 0 Å². The molecular weight excluding hydrogens is 262 g/mol. The standard InChI is InChI=1S/C18H17NO2/c1-11(20)12-7-8-16-15(10-12)13-4-2-5-14(13)18(19-16)17-6-3-9-21-17/h2-4,6-10,13-14,18-19H,5H2,1H3. The molecule has 106 valence electrons. The number of anilines is 1. The largest absolute Gasteiger partial charge is 0.467 e. The molecule has 3 unspecified atom stereocenters. The van der Waals surface area contributed by atoms with Gasteiger partial charge in [0.25, 0.3) is 0 Å². The van der Waals surface area contributed by atoms with Gasteiger partial charge in [0.1, 0.15) is 5.76 Å². The predicted molar refractivity (Wildman–Crippen MR) is 81.5 cm³/mol. The highest BCUT2D eigenvalue weighted by molar-refractivity contribution is 5.95. The fourth-order valence-electron chi connectivity index (χ4n) is 3.56. The van der Waals surface area contributed by atoms with E-state index >= 15 is 0 Å². The number of rotatable bonds is 2. The number of carbonyl (C=O) groups excluding carboxylic acids is 1. The smallest absolute Gasteiger partial charge is 0.159 e. The zero-order valence-corrected chi connectivity index (χ0v) is 11.9. The van der Waals surface area contributed by atoms with Crippen LogP contribution in [0.5, 0.6) is 0 Å². The van der Waals surface area contributed by atoms with Crippen LogP contribution < -0.4 is 5.32 Å². The molecule has 0 saturated heterocycles. The zero-order chi connectivity index (χ0) is 14.4. The van der Waals surface area contributed by atoms with Crippen LogP contribution in [0.2, 0.25) is 0 Å². The second-order valence-electron chi connectivity index (χ2n) is 5.85. The van der Waals surface area contributed by atoms with Gasteiger partial charge in [-0.3, -0.25) is 4.79 Å². The molecule has 0 radical (unpaired) electrons. The van der Waals surface area contributed by atoms with Crippen LogP contribution in [-0.4, -0.2) is 5.78 Å². The van der Waals surface area contributed by atoms with E-state index in [1.54, 1.807) is 13.2 Å². The van der Waals surface area contributed by atoms with Crippen LogP contribution in [0.3, 0.4) is 0 Å². The van der Waals surface area contributed by atoms with Crippen molar-refractivity contribution >= 4 is 11.5 Å². The number of benzene rings is 1. The minimum Gasteiger partial charge on any atom is -0.467 e. The number of hydrogen-bond acceptors (Lipinski definition) is 3. The molecule has 1 aromatic heterocycles. The average molecular weight is 279 g/mol. The molecule has 2 aromatic rings. The van der Waals surface area contributed by atoms with Crippen LogP contribution in [0.1, 0.15) is 47.0 Å². The first kappa shape index (κ1) is 12.5. The third kappa shape index (κ3) is 1.92. The second kappa shape index (κ2) is 4.62. The number of allylic oxidation sites excluding steroid dienone is 2. The number of fused-ring (bicyclic) bond motifs is 3. The van der Waals surface area contributed by atoms with Gasteiger partial charge in [0.15, 0.2) is 5.78 Å². The molecule has 21 heavy (non-hydrogen) atoms. The Balaban J connectivity index is 1.80. The Morgan fingerprint density at radius 1 is 1.33 bits per heavy atom. The topological polar surface area (TPSA) is 42.2 Å². The van der Waals surface area contributed by atoms with E-state index in [9.17, 15) is 4.79 Å². The first-order valence-electron chi connectivity index (χ1n) is 7.35. The van der Waals surface area contributed by atoms with Gasteiger partial charge in [-0.2, -0.15) is 0 Å². The normalized spacial score (nSPS) is 26.0. The highest BCUT2D eigenvalue weighted by atomic mass is 16.3.